The van der Waals surface area contributed by atoms with Gasteiger partial charge < -0.3 is 5.11 Å². The number of aliphatic hydroxyl groups excluding tert-OH is 1. The molecule has 1 nitrogen and oxygen atoms in total. The molecule has 2 aromatic rings. The number of halogens is 1. The summed E-state index contributed by atoms with van der Waals surface area (Å²) in [6.45, 7) is 2.14. The highest BCUT2D eigenvalue weighted by atomic mass is 35.5. The topological polar surface area (TPSA) is 20.2 Å². The molecular weight excluding hydrogens is 244 g/mol. The Morgan fingerprint density at radius 3 is 2.06 bits per heavy atom. The molecule has 0 amide bonds. The molecule has 0 spiro atoms. The molecule has 0 aliphatic carbocycles. The monoisotopic (exact) mass is 260 g/mol. The molecule has 0 saturated carbocycles. The number of hydrogen-bond donors (Lipinski definition) is 1. The van der Waals surface area contributed by atoms with Crippen LogP contribution in [0.4, 0.5) is 0 Å². The van der Waals surface area contributed by atoms with Crippen LogP contribution in [0.3, 0.4) is 0 Å². The molecule has 1 atom stereocenters. The van der Waals surface area contributed by atoms with Crippen LogP contribution >= 0.6 is 11.6 Å². The van der Waals surface area contributed by atoms with Gasteiger partial charge in [-0.1, -0.05) is 54.9 Å². The van der Waals surface area contributed by atoms with E-state index in [1.165, 1.54) is 5.56 Å². The summed E-state index contributed by atoms with van der Waals surface area (Å²) in [5.74, 6) is 0. The largest absolute Gasteiger partial charge is 0.388 e. The Balaban J connectivity index is 2.05. The first-order valence-corrected chi connectivity index (χ1v) is 6.58. The van der Waals surface area contributed by atoms with Crippen LogP contribution in [0.2, 0.25) is 5.02 Å². The molecule has 0 radical (unpaired) electrons. The second-order valence-electron chi connectivity index (χ2n) is 4.44. The lowest BCUT2D eigenvalue weighted by Gasteiger charge is -2.11. The van der Waals surface area contributed by atoms with E-state index in [0.29, 0.717) is 11.4 Å². The van der Waals surface area contributed by atoms with Crippen LogP contribution in [-0.4, -0.2) is 5.11 Å². The molecule has 0 aliphatic heterocycles. The molecule has 0 fully saturated rings. The summed E-state index contributed by atoms with van der Waals surface area (Å²) in [5, 5.41) is 10.8. The molecule has 2 heteroatoms. The van der Waals surface area contributed by atoms with E-state index in [1.54, 1.807) is 12.1 Å². The molecule has 0 saturated heterocycles. The van der Waals surface area contributed by atoms with Gasteiger partial charge in [-0.25, -0.2) is 0 Å². The quantitative estimate of drug-likeness (QED) is 0.874. The number of rotatable bonds is 4. The zero-order chi connectivity index (χ0) is 13.0. The molecule has 18 heavy (non-hydrogen) atoms. The average Bonchev–Trinajstić information content (AvgIpc) is 2.40. The molecule has 1 unspecified atom stereocenters. The summed E-state index contributed by atoms with van der Waals surface area (Å²) in [6.07, 6.45) is 1.20. The van der Waals surface area contributed by atoms with Crippen molar-refractivity contribution >= 4 is 11.6 Å². The summed E-state index contributed by atoms with van der Waals surface area (Å²) >= 11 is 5.83. The van der Waals surface area contributed by atoms with Gasteiger partial charge in [0.15, 0.2) is 0 Å². The SMILES string of the molecule is CCc1ccc(CC(O)c2ccc(Cl)cc2)cc1. The number of aliphatic hydroxyl groups is 1. The Labute approximate surface area is 113 Å². The van der Waals surface area contributed by atoms with E-state index in [0.717, 1.165) is 17.5 Å². The summed E-state index contributed by atoms with van der Waals surface area (Å²) < 4.78 is 0. The predicted molar refractivity (Wildman–Crippen MR) is 75.9 cm³/mol. The van der Waals surface area contributed by atoms with E-state index in [2.05, 4.69) is 31.2 Å². The molecule has 1 N–H and O–H groups in total. The van der Waals surface area contributed by atoms with Crippen molar-refractivity contribution in [1.82, 2.24) is 0 Å². The number of benzene rings is 2. The van der Waals surface area contributed by atoms with Gasteiger partial charge in [-0.15, -0.1) is 0 Å². The Bertz CT molecular complexity index is 488. The van der Waals surface area contributed by atoms with Gasteiger partial charge in [0.25, 0.3) is 0 Å². The molecule has 0 bridgehead atoms. The van der Waals surface area contributed by atoms with Crippen LogP contribution < -0.4 is 0 Å². The van der Waals surface area contributed by atoms with E-state index < -0.39 is 6.10 Å². The van der Waals surface area contributed by atoms with E-state index in [4.69, 9.17) is 11.6 Å². The number of aryl methyl sites for hydroxylation is 1. The molecule has 0 heterocycles. The first-order chi connectivity index (χ1) is 8.69. The second-order valence-corrected chi connectivity index (χ2v) is 4.88. The minimum atomic E-state index is -0.477. The van der Waals surface area contributed by atoms with Crippen molar-refractivity contribution in [3.63, 3.8) is 0 Å². The highest BCUT2D eigenvalue weighted by Gasteiger charge is 2.08. The van der Waals surface area contributed by atoms with Crippen LogP contribution in [0.25, 0.3) is 0 Å². The first-order valence-electron chi connectivity index (χ1n) is 6.20. The van der Waals surface area contributed by atoms with E-state index >= 15 is 0 Å². The maximum Gasteiger partial charge on any atom is 0.0830 e. The smallest absolute Gasteiger partial charge is 0.0830 e. The Morgan fingerprint density at radius 1 is 0.944 bits per heavy atom. The fourth-order valence-electron chi connectivity index (χ4n) is 1.94. The molecular formula is C16H17ClO. The first kappa shape index (κ1) is 13.1. The standard InChI is InChI=1S/C16H17ClO/c1-2-12-3-5-13(6-4-12)11-16(18)14-7-9-15(17)10-8-14/h3-10,16,18H,2,11H2,1H3. The lowest BCUT2D eigenvalue weighted by atomic mass is 10.0. The third-order valence-corrected chi connectivity index (χ3v) is 3.37. The minimum absolute atomic E-state index is 0.477. The van der Waals surface area contributed by atoms with E-state index in [-0.39, 0.29) is 0 Å². The van der Waals surface area contributed by atoms with Crippen molar-refractivity contribution < 1.29 is 5.11 Å². The van der Waals surface area contributed by atoms with Crippen molar-refractivity contribution in [2.24, 2.45) is 0 Å². The Hall–Kier alpha value is -1.31. The maximum absolute atomic E-state index is 10.1. The van der Waals surface area contributed by atoms with Crippen molar-refractivity contribution in [1.29, 1.82) is 0 Å². The van der Waals surface area contributed by atoms with Crippen molar-refractivity contribution in [2.45, 2.75) is 25.9 Å². The summed E-state index contributed by atoms with van der Waals surface area (Å²) in [5.41, 5.74) is 3.37. The van der Waals surface area contributed by atoms with Crippen LogP contribution in [0.1, 0.15) is 29.7 Å². The average molecular weight is 261 g/mol. The molecule has 0 aliphatic rings. The van der Waals surface area contributed by atoms with Gasteiger partial charge in [-0.2, -0.15) is 0 Å². The predicted octanol–water partition coefficient (Wildman–Crippen LogP) is 4.18. The third-order valence-electron chi connectivity index (χ3n) is 3.12. The van der Waals surface area contributed by atoms with Gasteiger partial charge in [0.2, 0.25) is 0 Å². The highest BCUT2D eigenvalue weighted by Crippen LogP contribution is 2.20. The second kappa shape index (κ2) is 6.03. The minimum Gasteiger partial charge on any atom is -0.388 e. The van der Waals surface area contributed by atoms with Crippen molar-refractivity contribution in [2.75, 3.05) is 0 Å². The maximum atomic E-state index is 10.1. The van der Waals surface area contributed by atoms with Gasteiger partial charge in [-0.3, -0.25) is 0 Å². The van der Waals surface area contributed by atoms with Crippen molar-refractivity contribution in [3.05, 3.63) is 70.2 Å². The lowest BCUT2D eigenvalue weighted by Crippen LogP contribution is -2.01. The van der Waals surface area contributed by atoms with Crippen LogP contribution in [0.5, 0.6) is 0 Å². The molecule has 2 aromatic carbocycles. The van der Waals surface area contributed by atoms with Crippen LogP contribution in [0, 0.1) is 0 Å². The summed E-state index contributed by atoms with van der Waals surface area (Å²) in [7, 11) is 0. The van der Waals surface area contributed by atoms with Gasteiger partial charge >= 0.3 is 0 Å². The fourth-order valence-corrected chi connectivity index (χ4v) is 2.06. The van der Waals surface area contributed by atoms with E-state index in [1.807, 2.05) is 12.1 Å². The zero-order valence-corrected chi connectivity index (χ0v) is 11.2. The Morgan fingerprint density at radius 2 is 1.50 bits per heavy atom. The van der Waals surface area contributed by atoms with E-state index in [9.17, 15) is 5.11 Å². The highest BCUT2D eigenvalue weighted by molar-refractivity contribution is 6.30. The fraction of sp³-hybridized carbons (Fsp3) is 0.250. The molecule has 0 aromatic heterocycles. The van der Waals surface area contributed by atoms with Gasteiger partial charge in [-0.05, 0) is 35.2 Å². The Kier molecular flexibility index (Phi) is 4.40. The van der Waals surface area contributed by atoms with Crippen molar-refractivity contribution in [3.8, 4) is 0 Å². The van der Waals surface area contributed by atoms with Crippen LogP contribution in [0.15, 0.2) is 48.5 Å². The molecule has 2 rings (SSSR count). The summed E-state index contributed by atoms with van der Waals surface area (Å²) in [4.78, 5) is 0. The van der Waals surface area contributed by atoms with Gasteiger partial charge in [0.1, 0.15) is 0 Å². The number of hydrogen-bond acceptors (Lipinski definition) is 1. The normalized spacial score (nSPS) is 12.4. The van der Waals surface area contributed by atoms with Gasteiger partial charge in [0.05, 0.1) is 6.10 Å². The third kappa shape index (κ3) is 3.34. The molecule has 94 valence electrons. The summed E-state index contributed by atoms with van der Waals surface area (Å²) in [6, 6.07) is 15.7. The lowest BCUT2D eigenvalue weighted by molar-refractivity contribution is 0.178. The zero-order valence-electron chi connectivity index (χ0n) is 10.4. The van der Waals surface area contributed by atoms with Gasteiger partial charge in [0, 0.05) is 11.4 Å². The van der Waals surface area contributed by atoms with Crippen LogP contribution in [-0.2, 0) is 12.8 Å².